The molecule has 1 saturated heterocycles. The second kappa shape index (κ2) is 9.21. The minimum atomic E-state index is -4.45. The molecule has 2 aromatic carbocycles. The number of nitrogens with zero attached hydrogens (tertiary/aromatic N) is 5. The molecule has 0 saturated carbocycles. The molecule has 0 spiro atoms. The third-order valence-corrected chi connectivity index (χ3v) is 6.14. The van der Waals surface area contributed by atoms with Crippen LogP contribution in [0.5, 0.6) is 0 Å². The van der Waals surface area contributed by atoms with Crippen molar-refractivity contribution in [3.63, 3.8) is 0 Å². The molecule has 2 aromatic heterocycles. The fraction of sp³-hybridized carbons (Fsp3) is 0.333. The van der Waals surface area contributed by atoms with Crippen molar-refractivity contribution in [3.8, 4) is 22.8 Å². The van der Waals surface area contributed by atoms with Crippen LogP contribution in [-0.2, 0) is 6.18 Å². The molecule has 182 valence electrons. The van der Waals surface area contributed by atoms with Crippen molar-refractivity contribution < 1.29 is 26.6 Å². The SMILES string of the molecule is CC(c1nc(-c2cccc(C(F)(F)F)c2)no1)N1CCCC(c2nc(-c3ccc(F)cc3)no2)C1. The first-order chi connectivity index (χ1) is 16.8. The van der Waals surface area contributed by atoms with E-state index in [-0.39, 0.29) is 29.2 Å². The van der Waals surface area contributed by atoms with Crippen molar-refractivity contribution in [2.24, 2.45) is 0 Å². The highest BCUT2D eigenvalue weighted by molar-refractivity contribution is 5.56. The van der Waals surface area contributed by atoms with Gasteiger partial charge in [0.1, 0.15) is 5.82 Å². The second-order valence-corrected chi connectivity index (χ2v) is 8.51. The predicted octanol–water partition coefficient (Wildman–Crippen LogP) is 5.89. The fourth-order valence-electron chi connectivity index (χ4n) is 4.19. The number of hydrogen-bond donors (Lipinski definition) is 0. The summed E-state index contributed by atoms with van der Waals surface area (Å²) in [5.41, 5.74) is 0.126. The lowest BCUT2D eigenvalue weighted by Gasteiger charge is -2.33. The first kappa shape index (κ1) is 23.2. The van der Waals surface area contributed by atoms with Crippen LogP contribution in [0.1, 0.15) is 49.1 Å². The standard InChI is InChI=1S/C24H21F4N5O2/c1-14(22-29-21(32-34-22)16-4-2-6-18(12-16)24(26,27)28)33-11-3-5-17(13-33)23-30-20(31-35-23)15-7-9-19(25)10-8-15/h2,4,6-10,12,14,17H,3,5,11,13H2,1H3. The topological polar surface area (TPSA) is 81.1 Å². The zero-order valence-corrected chi connectivity index (χ0v) is 18.7. The van der Waals surface area contributed by atoms with Gasteiger partial charge in [0.2, 0.25) is 23.4 Å². The normalized spacial score (nSPS) is 18.0. The molecule has 0 radical (unpaired) electrons. The van der Waals surface area contributed by atoms with E-state index < -0.39 is 11.7 Å². The van der Waals surface area contributed by atoms with Gasteiger partial charge in [-0.15, -0.1) is 0 Å². The van der Waals surface area contributed by atoms with E-state index in [1.54, 1.807) is 12.1 Å². The van der Waals surface area contributed by atoms with Crippen molar-refractivity contribution in [3.05, 3.63) is 71.7 Å². The first-order valence-corrected chi connectivity index (χ1v) is 11.1. The molecule has 1 aliphatic rings. The van der Waals surface area contributed by atoms with Crippen LogP contribution in [0.15, 0.2) is 57.6 Å². The summed E-state index contributed by atoms with van der Waals surface area (Å²) in [7, 11) is 0. The van der Waals surface area contributed by atoms with Gasteiger partial charge in [-0.05, 0) is 62.7 Å². The van der Waals surface area contributed by atoms with Crippen molar-refractivity contribution in [2.75, 3.05) is 13.1 Å². The molecule has 0 N–H and O–H groups in total. The Bertz CT molecular complexity index is 1300. The number of aromatic nitrogens is 4. The molecule has 1 fully saturated rings. The summed E-state index contributed by atoms with van der Waals surface area (Å²) < 4.78 is 63.2. The quantitative estimate of drug-likeness (QED) is 0.325. The van der Waals surface area contributed by atoms with Crippen LogP contribution in [-0.4, -0.2) is 38.3 Å². The van der Waals surface area contributed by atoms with Crippen LogP contribution in [0.3, 0.4) is 0 Å². The van der Waals surface area contributed by atoms with Gasteiger partial charge in [0.25, 0.3) is 0 Å². The Morgan fingerprint density at radius 3 is 2.49 bits per heavy atom. The number of likely N-dealkylation sites (tertiary alicyclic amines) is 1. The highest BCUT2D eigenvalue weighted by Gasteiger charge is 2.33. The van der Waals surface area contributed by atoms with E-state index in [1.165, 1.54) is 24.3 Å². The largest absolute Gasteiger partial charge is 0.416 e. The zero-order chi connectivity index (χ0) is 24.6. The van der Waals surface area contributed by atoms with Gasteiger partial charge in [-0.3, -0.25) is 4.90 Å². The second-order valence-electron chi connectivity index (χ2n) is 8.51. The molecule has 5 rings (SSSR count). The van der Waals surface area contributed by atoms with Crippen molar-refractivity contribution >= 4 is 0 Å². The van der Waals surface area contributed by atoms with Gasteiger partial charge in [0.15, 0.2) is 0 Å². The lowest BCUT2D eigenvalue weighted by Crippen LogP contribution is -2.36. The summed E-state index contributed by atoms with van der Waals surface area (Å²) in [6, 6.07) is 10.4. The van der Waals surface area contributed by atoms with Crippen LogP contribution in [0.2, 0.25) is 0 Å². The summed E-state index contributed by atoms with van der Waals surface area (Å²) in [6.07, 6.45) is -2.73. The van der Waals surface area contributed by atoms with E-state index >= 15 is 0 Å². The van der Waals surface area contributed by atoms with Crippen molar-refractivity contribution in [1.29, 1.82) is 0 Å². The summed E-state index contributed by atoms with van der Waals surface area (Å²) in [5.74, 6) is 0.956. The Morgan fingerprint density at radius 1 is 0.971 bits per heavy atom. The zero-order valence-electron chi connectivity index (χ0n) is 18.7. The molecule has 0 amide bonds. The molecule has 3 heterocycles. The van der Waals surface area contributed by atoms with Gasteiger partial charge < -0.3 is 9.05 Å². The Kier molecular flexibility index (Phi) is 6.10. The van der Waals surface area contributed by atoms with E-state index in [9.17, 15) is 17.6 Å². The summed E-state index contributed by atoms with van der Waals surface area (Å²) in [5, 5.41) is 7.93. The maximum atomic E-state index is 13.2. The monoisotopic (exact) mass is 487 g/mol. The smallest absolute Gasteiger partial charge is 0.339 e. The summed E-state index contributed by atoms with van der Waals surface area (Å²) in [4.78, 5) is 11.0. The molecule has 0 aliphatic carbocycles. The minimum Gasteiger partial charge on any atom is -0.339 e. The summed E-state index contributed by atoms with van der Waals surface area (Å²) >= 11 is 0. The molecule has 0 bridgehead atoms. The molecule has 7 nitrogen and oxygen atoms in total. The number of halogens is 4. The van der Waals surface area contributed by atoms with E-state index in [1.807, 2.05) is 6.92 Å². The van der Waals surface area contributed by atoms with Crippen LogP contribution >= 0.6 is 0 Å². The molecule has 11 heteroatoms. The first-order valence-electron chi connectivity index (χ1n) is 11.1. The van der Waals surface area contributed by atoms with Crippen LogP contribution in [0.4, 0.5) is 17.6 Å². The van der Waals surface area contributed by atoms with E-state index in [0.717, 1.165) is 31.5 Å². The van der Waals surface area contributed by atoms with E-state index in [4.69, 9.17) is 9.05 Å². The van der Waals surface area contributed by atoms with E-state index in [0.29, 0.717) is 29.7 Å². The summed E-state index contributed by atoms with van der Waals surface area (Å²) in [6.45, 7) is 3.29. The maximum Gasteiger partial charge on any atom is 0.416 e. The molecule has 35 heavy (non-hydrogen) atoms. The van der Waals surface area contributed by atoms with Gasteiger partial charge in [-0.25, -0.2) is 4.39 Å². The maximum absolute atomic E-state index is 13.2. The molecule has 1 aliphatic heterocycles. The average molecular weight is 487 g/mol. The molecule has 2 atom stereocenters. The van der Waals surface area contributed by atoms with Gasteiger partial charge in [0.05, 0.1) is 17.5 Å². The number of hydrogen-bond acceptors (Lipinski definition) is 7. The fourth-order valence-corrected chi connectivity index (χ4v) is 4.19. The van der Waals surface area contributed by atoms with Gasteiger partial charge in [-0.2, -0.15) is 23.1 Å². The lowest BCUT2D eigenvalue weighted by atomic mass is 9.96. The van der Waals surface area contributed by atoms with Crippen LogP contribution < -0.4 is 0 Å². The number of piperidine rings is 1. The van der Waals surface area contributed by atoms with Crippen LogP contribution in [0, 0.1) is 5.82 Å². The van der Waals surface area contributed by atoms with Gasteiger partial charge >= 0.3 is 6.18 Å². The lowest BCUT2D eigenvalue weighted by molar-refractivity contribution is -0.137. The third-order valence-electron chi connectivity index (χ3n) is 6.14. The Morgan fingerprint density at radius 2 is 1.71 bits per heavy atom. The highest BCUT2D eigenvalue weighted by Crippen LogP contribution is 2.34. The molecular weight excluding hydrogens is 466 g/mol. The minimum absolute atomic E-state index is 0.0150. The average Bonchev–Trinajstić information content (AvgIpc) is 3.54. The van der Waals surface area contributed by atoms with Crippen LogP contribution in [0.25, 0.3) is 22.8 Å². The van der Waals surface area contributed by atoms with Gasteiger partial charge in [-0.1, -0.05) is 22.4 Å². The Hall–Kier alpha value is -3.60. The number of alkyl halides is 3. The Labute approximate surface area is 197 Å². The highest BCUT2D eigenvalue weighted by atomic mass is 19.4. The molecule has 2 unspecified atom stereocenters. The molecular formula is C24H21F4N5O2. The number of rotatable bonds is 5. The predicted molar refractivity (Wildman–Crippen MR) is 116 cm³/mol. The Balaban J connectivity index is 1.29. The third kappa shape index (κ3) is 4.95. The number of benzene rings is 2. The van der Waals surface area contributed by atoms with E-state index in [2.05, 4.69) is 25.2 Å². The van der Waals surface area contributed by atoms with Crippen molar-refractivity contribution in [1.82, 2.24) is 25.2 Å². The van der Waals surface area contributed by atoms with Crippen molar-refractivity contribution in [2.45, 2.75) is 37.9 Å². The van der Waals surface area contributed by atoms with Gasteiger partial charge in [0, 0.05) is 17.7 Å². The molecule has 4 aromatic rings.